The van der Waals surface area contributed by atoms with Crippen LogP contribution in [-0.2, 0) is 10.1 Å². The number of hydrogen-bond donors (Lipinski definition) is 2. The zero-order valence-electron chi connectivity index (χ0n) is 23.3. The van der Waals surface area contributed by atoms with Crippen LogP contribution in [0.4, 0.5) is 11.4 Å². The van der Waals surface area contributed by atoms with Crippen molar-refractivity contribution in [1.82, 2.24) is 0 Å². The van der Waals surface area contributed by atoms with Gasteiger partial charge in [0.1, 0.15) is 16.2 Å². The van der Waals surface area contributed by atoms with Crippen LogP contribution in [0.5, 0.6) is 0 Å². The summed E-state index contributed by atoms with van der Waals surface area (Å²) in [6.45, 7) is 8.26. The third kappa shape index (κ3) is 4.99. The van der Waals surface area contributed by atoms with Crippen LogP contribution in [0.3, 0.4) is 0 Å². The molecule has 206 valence electrons. The van der Waals surface area contributed by atoms with Crippen molar-refractivity contribution in [3.05, 3.63) is 118 Å². The number of hydrogen-bond acceptors (Lipinski definition) is 5. The average molecular weight is 563 g/mol. The van der Waals surface area contributed by atoms with E-state index in [0.29, 0.717) is 28.0 Å². The van der Waals surface area contributed by atoms with Gasteiger partial charge in [-0.25, -0.2) is 4.99 Å². The van der Waals surface area contributed by atoms with E-state index in [1.54, 1.807) is 18.2 Å². The second-order valence-electron chi connectivity index (χ2n) is 10.6. The van der Waals surface area contributed by atoms with Crippen LogP contribution in [0.1, 0.15) is 31.4 Å². The summed E-state index contributed by atoms with van der Waals surface area (Å²) in [5.41, 5.74) is 9.76. The molecule has 0 saturated heterocycles. The summed E-state index contributed by atoms with van der Waals surface area (Å²) in [5, 5.41) is 4.98. The second-order valence-corrected chi connectivity index (χ2v) is 12.0. The van der Waals surface area contributed by atoms with E-state index in [4.69, 9.17) is 9.41 Å². The van der Waals surface area contributed by atoms with Crippen LogP contribution >= 0.6 is 0 Å². The van der Waals surface area contributed by atoms with Crippen molar-refractivity contribution in [1.29, 1.82) is 0 Å². The van der Waals surface area contributed by atoms with Crippen LogP contribution in [0.25, 0.3) is 33.4 Å². The molecule has 0 amide bonds. The van der Waals surface area contributed by atoms with E-state index in [-0.39, 0.29) is 4.90 Å². The first-order chi connectivity index (χ1) is 19.6. The Morgan fingerprint density at radius 1 is 0.854 bits per heavy atom. The summed E-state index contributed by atoms with van der Waals surface area (Å²) in [7, 11) is -4.49. The lowest BCUT2D eigenvalue weighted by Gasteiger charge is -2.18. The van der Waals surface area contributed by atoms with Gasteiger partial charge in [-0.15, -0.1) is 0 Å². The van der Waals surface area contributed by atoms with Gasteiger partial charge in [-0.3, -0.25) is 4.55 Å². The fourth-order valence-electron chi connectivity index (χ4n) is 5.52. The quantitative estimate of drug-likeness (QED) is 0.166. The first kappa shape index (κ1) is 26.7. The molecule has 0 bridgehead atoms. The molecule has 3 aromatic carbocycles. The van der Waals surface area contributed by atoms with Crippen molar-refractivity contribution in [3.8, 4) is 22.5 Å². The van der Waals surface area contributed by atoms with E-state index in [1.165, 1.54) is 11.6 Å². The molecule has 0 saturated carbocycles. The third-order valence-corrected chi connectivity index (χ3v) is 8.54. The lowest BCUT2D eigenvalue weighted by molar-refractivity contribution is 0.483. The molecular formula is C34H30N2O4S. The van der Waals surface area contributed by atoms with Gasteiger partial charge in [0.2, 0.25) is 0 Å². The number of aryl methyl sites for hydroxylation is 2. The van der Waals surface area contributed by atoms with Crippen LogP contribution in [0, 0.1) is 13.8 Å². The van der Waals surface area contributed by atoms with Crippen LogP contribution < -0.4 is 10.7 Å². The van der Waals surface area contributed by atoms with E-state index in [2.05, 4.69) is 51.2 Å². The van der Waals surface area contributed by atoms with Crippen molar-refractivity contribution >= 4 is 32.5 Å². The predicted octanol–water partition coefficient (Wildman–Crippen LogP) is 8.34. The highest BCUT2D eigenvalue weighted by molar-refractivity contribution is 7.86. The van der Waals surface area contributed by atoms with E-state index in [0.717, 1.165) is 50.9 Å². The molecule has 0 fully saturated rings. The zero-order chi connectivity index (χ0) is 28.9. The molecule has 2 aliphatic carbocycles. The Kier molecular flexibility index (Phi) is 6.64. The number of para-hydroxylation sites is 1. The Labute approximate surface area is 239 Å². The smallest absolute Gasteiger partial charge is 0.295 e. The van der Waals surface area contributed by atoms with Crippen LogP contribution in [-0.4, -0.2) is 13.0 Å². The van der Waals surface area contributed by atoms with Gasteiger partial charge in [-0.1, -0.05) is 42.5 Å². The Hall–Kier alpha value is -4.46. The standard InChI is InChI=1S/C34H30N2O4S/c1-20-8-7-9-21(2)33(20)35-24-14-16-26-29(18-24)40-30-19-25(36-34-22(3)12-13-23(34)4)15-17-27(30)32(26)28-10-5-6-11-31(28)41(37,38)39/h5-12,14-19,35H,13H2,1-4H3,(H,37,38,39). The molecule has 6 nitrogen and oxygen atoms in total. The van der Waals surface area contributed by atoms with Gasteiger partial charge in [0, 0.05) is 45.6 Å². The van der Waals surface area contributed by atoms with Gasteiger partial charge in [-0.05, 0) is 86.7 Å². The topological polar surface area (TPSA) is 91.9 Å². The van der Waals surface area contributed by atoms with Crippen molar-refractivity contribution < 1.29 is 17.4 Å². The largest absolute Gasteiger partial charge is 0.456 e. The Balaban J connectivity index is 1.62. The van der Waals surface area contributed by atoms with Gasteiger partial charge in [-0.2, -0.15) is 8.42 Å². The summed E-state index contributed by atoms with van der Waals surface area (Å²) in [6, 6.07) is 24.1. The normalized spacial score (nSPS) is 14.3. The molecule has 0 atom stereocenters. The third-order valence-electron chi connectivity index (χ3n) is 7.62. The molecule has 1 aliphatic heterocycles. The van der Waals surface area contributed by atoms with Crippen LogP contribution in [0.15, 0.2) is 116 Å². The zero-order valence-corrected chi connectivity index (χ0v) is 24.1. The minimum atomic E-state index is -4.49. The molecule has 7 heteroatoms. The predicted molar refractivity (Wildman–Crippen MR) is 164 cm³/mol. The highest BCUT2D eigenvalue weighted by Gasteiger charge is 2.23. The van der Waals surface area contributed by atoms with Gasteiger partial charge < -0.3 is 9.73 Å². The number of nitrogens with one attached hydrogen (secondary N) is 1. The van der Waals surface area contributed by atoms with E-state index >= 15 is 0 Å². The van der Waals surface area contributed by atoms with Gasteiger partial charge in [0.15, 0.2) is 0 Å². The number of nitrogens with zero attached hydrogens (tertiary/aromatic N) is 1. The SMILES string of the molecule is CC1=CCC(C)=C1N=c1ccc2c(-c3ccccc3S(=O)(=O)O)c3ccc(Nc4c(C)cccc4C)cc3oc-2c1. The van der Waals surface area contributed by atoms with Crippen molar-refractivity contribution in [2.45, 2.75) is 39.0 Å². The molecule has 6 rings (SSSR count). The fourth-order valence-corrected chi connectivity index (χ4v) is 6.22. The summed E-state index contributed by atoms with van der Waals surface area (Å²) >= 11 is 0. The molecular weight excluding hydrogens is 532 g/mol. The number of anilines is 2. The highest BCUT2D eigenvalue weighted by Crippen LogP contribution is 2.43. The molecule has 41 heavy (non-hydrogen) atoms. The maximum atomic E-state index is 12.4. The molecule has 2 N–H and O–H groups in total. The molecule has 0 aromatic heterocycles. The molecule has 0 spiro atoms. The van der Waals surface area contributed by atoms with Crippen molar-refractivity contribution in [2.75, 3.05) is 5.32 Å². The minimum absolute atomic E-state index is 0.159. The van der Waals surface area contributed by atoms with Crippen LogP contribution in [0.2, 0.25) is 0 Å². The molecule has 3 aliphatic rings. The van der Waals surface area contributed by atoms with Crippen molar-refractivity contribution in [2.24, 2.45) is 4.99 Å². The number of benzene rings is 4. The highest BCUT2D eigenvalue weighted by atomic mass is 32.2. The molecule has 0 unspecified atom stereocenters. The van der Waals surface area contributed by atoms with Gasteiger partial charge in [0.05, 0.1) is 11.1 Å². The maximum absolute atomic E-state index is 12.4. The minimum Gasteiger partial charge on any atom is -0.456 e. The number of fused-ring (bicyclic) bond motifs is 2. The number of allylic oxidation sites excluding steroid dienone is 3. The second kappa shape index (κ2) is 10.2. The Morgan fingerprint density at radius 3 is 2.32 bits per heavy atom. The Morgan fingerprint density at radius 2 is 1.61 bits per heavy atom. The van der Waals surface area contributed by atoms with Gasteiger partial charge >= 0.3 is 0 Å². The average Bonchev–Trinajstić information content (AvgIpc) is 3.25. The summed E-state index contributed by atoms with van der Waals surface area (Å²) in [5.74, 6) is 0.556. The number of rotatable bonds is 5. The first-order valence-corrected chi connectivity index (χ1v) is 14.9. The van der Waals surface area contributed by atoms with E-state index in [9.17, 15) is 13.0 Å². The monoisotopic (exact) mass is 562 g/mol. The van der Waals surface area contributed by atoms with E-state index in [1.807, 2.05) is 42.5 Å². The van der Waals surface area contributed by atoms with Gasteiger partial charge in [0.25, 0.3) is 10.1 Å². The first-order valence-electron chi connectivity index (χ1n) is 13.4. The van der Waals surface area contributed by atoms with Crippen molar-refractivity contribution in [3.63, 3.8) is 0 Å². The summed E-state index contributed by atoms with van der Waals surface area (Å²) in [4.78, 5) is 4.75. The molecule has 3 aromatic rings. The lowest BCUT2D eigenvalue weighted by atomic mass is 9.93. The maximum Gasteiger partial charge on any atom is 0.295 e. The summed E-state index contributed by atoms with van der Waals surface area (Å²) < 4.78 is 41.4. The molecule has 1 heterocycles. The molecule has 0 radical (unpaired) electrons. The van der Waals surface area contributed by atoms with E-state index < -0.39 is 10.1 Å². The Bertz CT molecular complexity index is 2050. The summed E-state index contributed by atoms with van der Waals surface area (Å²) in [6.07, 6.45) is 3.06. The fraction of sp³-hybridized carbons (Fsp3) is 0.147. The lowest BCUT2D eigenvalue weighted by Crippen LogP contribution is -2.05.